The summed E-state index contributed by atoms with van der Waals surface area (Å²) in [6, 6.07) is 5.89. The van der Waals surface area contributed by atoms with E-state index in [9.17, 15) is 24.6 Å². The number of para-hydroxylation sites is 1. The van der Waals surface area contributed by atoms with Crippen LogP contribution in [0.1, 0.15) is 19.3 Å². The van der Waals surface area contributed by atoms with Gasteiger partial charge in [0, 0.05) is 24.5 Å². The SMILES string of the molecule is C=CCN(C(=O)[C@@H]1N(CCCCO)C(=O)[C@H]2[C@H](C(=O)O)[C@H]3O[C@@]12CC3Br)c1ccccc1Cl. The van der Waals surface area contributed by atoms with Gasteiger partial charge < -0.3 is 24.7 Å². The first-order valence-corrected chi connectivity index (χ1v) is 12.2. The molecule has 2 amide bonds. The van der Waals surface area contributed by atoms with Gasteiger partial charge in [0.05, 0.1) is 28.6 Å². The van der Waals surface area contributed by atoms with Gasteiger partial charge >= 0.3 is 5.97 Å². The summed E-state index contributed by atoms with van der Waals surface area (Å²) in [5, 5.41) is 19.5. The number of aliphatic hydroxyl groups excluding tert-OH is 1. The molecule has 4 rings (SSSR count). The van der Waals surface area contributed by atoms with Crippen LogP contribution in [0.15, 0.2) is 36.9 Å². The summed E-state index contributed by atoms with van der Waals surface area (Å²) in [4.78, 5) is 42.5. The van der Waals surface area contributed by atoms with Crippen LogP contribution in [-0.4, -0.2) is 75.2 Å². The summed E-state index contributed by atoms with van der Waals surface area (Å²) in [6.07, 6.45) is 2.15. The zero-order valence-electron chi connectivity index (χ0n) is 17.9. The Labute approximate surface area is 205 Å². The quantitative estimate of drug-likeness (QED) is 0.283. The van der Waals surface area contributed by atoms with Crippen LogP contribution >= 0.6 is 27.5 Å². The Morgan fingerprint density at radius 3 is 2.73 bits per heavy atom. The van der Waals surface area contributed by atoms with E-state index in [-0.39, 0.29) is 24.5 Å². The van der Waals surface area contributed by atoms with Crippen LogP contribution in [0.2, 0.25) is 5.02 Å². The van der Waals surface area contributed by atoms with Crippen LogP contribution in [0.3, 0.4) is 0 Å². The lowest BCUT2D eigenvalue weighted by atomic mass is 9.70. The number of alkyl halides is 1. The number of carbonyl (C=O) groups is 3. The van der Waals surface area contributed by atoms with Gasteiger partial charge in [-0.3, -0.25) is 14.4 Å². The van der Waals surface area contributed by atoms with E-state index in [0.29, 0.717) is 30.0 Å². The van der Waals surface area contributed by atoms with Gasteiger partial charge in [-0.2, -0.15) is 0 Å². The number of hydrogen-bond acceptors (Lipinski definition) is 5. The number of aliphatic carboxylic acids is 1. The van der Waals surface area contributed by atoms with Crippen molar-refractivity contribution in [2.24, 2.45) is 11.8 Å². The molecule has 3 fully saturated rings. The number of halogens is 2. The van der Waals surface area contributed by atoms with Crippen molar-refractivity contribution in [2.75, 3.05) is 24.6 Å². The smallest absolute Gasteiger partial charge is 0.310 e. The molecule has 1 spiro atoms. The molecule has 178 valence electrons. The lowest BCUT2D eigenvalue weighted by Crippen LogP contribution is -2.57. The summed E-state index contributed by atoms with van der Waals surface area (Å²) in [5.74, 6) is -3.88. The molecule has 1 aromatic rings. The van der Waals surface area contributed by atoms with E-state index in [1.807, 2.05) is 0 Å². The van der Waals surface area contributed by atoms with E-state index in [0.717, 1.165) is 0 Å². The molecular formula is C23H26BrClN2O6. The first kappa shape index (κ1) is 24.2. The molecule has 3 heterocycles. The number of nitrogens with zero attached hydrogens (tertiary/aromatic N) is 2. The molecule has 0 radical (unpaired) electrons. The van der Waals surface area contributed by atoms with Crippen molar-refractivity contribution in [3.8, 4) is 0 Å². The molecule has 33 heavy (non-hydrogen) atoms. The minimum absolute atomic E-state index is 0.0444. The Kier molecular flexibility index (Phi) is 6.87. The standard InChI is InChI=1S/C23H26BrClN2O6/c1-2-9-26(15-8-4-3-7-14(15)25)21(30)19-23-12-13(24)18(33-23)16(22(31)32)17(23)20(29)27(19)10-5-6-11-28/h2-4,7-8,13,16-19,28H,1,5-6,9-12H2,(H,31,32)/t13?,16-,17+,18-,19-,23+/m0/s1. The van der Waals surface area contributed by atoms with Crippen molar-refractivity contribution >= 4 is 51.0 Å². The van der Waals surface area contributed by atoms with E-state index >= 15 is 0 Å². The van der Waals surface area contributed by atoms with Crippen LogP contribution in [0.25, 0.3) is 0 Å². The zero-order chi connectivity index (χ0) is 23.9. The third-order valence-corrected chi connectivity index (χ3v) is 8.00. The Balaban J connectivity index is 1.79. The number of carboxylic acids is 1. The molecular weight excluding hydrogens is 516 g/mol. The summed E-state index contributed by atoms with van der Waals surface area (Å²) in [6.45, 7) is 4.08. The molecule has 0 aliphatic carbocycles. The molecule has 8 nitrogen and oxygen atoms in total. The second-order valence-corrected chi connectivity index (χ2v) is 10.2. The number of fused-ring (bicyclic) bond motifs is 1. The molecule has 0 saturated carbocycles. The monoisotopic (exact) mass is 540 g/mol. The van der Waals surface area contributed by atoms with E-state index in [1.54, 1.807) is 30.3 Å². The van der Waals surface area contributed by atoms with Gasteiger partial charge in [-0.15, -0.1) is 6.58 Å². The molecule has 3 saturated heterocycles. The van der Waals surface area contributed by atoms with E-state index in [2.05, 4.69) is 22.5 Å². The molecule has 3 aliphatic rings. The molecule has 10 heteroatoms. The van der Waals surface area contributed by atoms with Gasteiger partial charge in [0.2, 0.25) is 5.91 Å². The number of likely N-dealkylation sites (tertiary alicyclic amines) is 1. The number of carbonyl (C=O) groups excluding carboxylic acids is 2. The lowest BCUT2D eigenvalue weighted by molar-refractivity contribution is -0.149. The van der Waals surface area contributed by atoms with Crippen molar-refractivity contribution in [2.45, 2.75) is 41.8 Å². The number of anilines is 1. The Hall–Kier alpha value is -1.94. The van der Waals surface area contributed by atoms with Crippen molar-refractivity contribution in [3.05, 3.63) is 41.9 Å². The maximum absolute atomic E-state index is 14.1. The Bertz CT molecular complexity index is 976. The zero-order valence-corrected chi connectivity index (χ0v) is 20.2. The molecule has 1 unspecified atom stereocenters. The van der Waals surface area contributed by atoms with Crippen molar-refractivity contribution < 1.29 is 29.3 Å². The average Bonchev–Trinajstić information content (AvgIpc) is 3.36. The summed E-state index contributed by atoms with van der Waals surface area (Å²) < 4.78 is 6.26. The molecule has 2 bridgehead atoms. The number of carboxylic acid groups (broad SMARTS) is 1. The van der Waals surface area contributed by atoms with Crippen LogP contribution in [0.4, 0.5) is 5.69 Å². The van der Waals surface area contributed by atoms with Crippen LogP contribution in [0, 0.1) is 11.8 Å². The Morgan fingerprint density at radius 1 is 1.36 bits per heavy atom. The van der Waals surface area contributed by atoms with Gasteiger partial charge in [0.25, 0.3) is 5.91 Å². The third kappa shape index (κ3) is 3.79. The largest absolute Gasteiger partial charge is 0.481 e. The molecule has 3 aliphatic heterocycles. The first-order chi connectivity index (χ1) is 15.8. The highest BCUT2D eigenvalue weighted by Gasteiger charge is 2.76. The number of ether oxygens (including phenoxy) is 1. The number of rotatable bonds is 9. The van der Waals surface area contributed by atoms with Crippen LogP contribution < -0.4 is 4.90 Å². The lowest BCUT2D eigenvalue weighted by Gasteiger charge is -2.37. The number of aliphatic hydroxyl groups is 1. The second kappa shape index (κ2) is 9.37. The Morgan fingerprint density at radius 2 is 2.09 bits per heavy atom. The highest BCUT2D eigenvalue weighted by molar-refractivity contribution is 9.09. The predicted molar refractivity (Wildman–Crippen MR) is 125 cm³/mol. The van der Waals surface area contributed by atoms with Gasteiger partial charge in [0.15, 0.2) is 0 Å². The number of hydrogen-bond donors (Lipinski definition) is 2. The molecule has 1 aromatic carbocycles. The first-order valence-electron chi connectivity index (χ1n) is 10.9. The van der Waals surface area contributed by atoms with E-state index in [4.69, 9.17) is 16.3 Å². The number of benzene rings is 1. The van der Waals surface area contributed by atoms with Crippen LogP contribution in [-0.2, 0) is 19.1 Å². The maximum atomic E-state index is 14.1. The molecule has 0 aromatic heterocycles. The van der Waals surface area contributed by atoms with Gasteiger partial charge in [-0.1, -0.05) is 45.7 Å². The van der Waals surface area contributed by atoms with Gasteiger partial charge in [0.1, 0.15) is 11.6 Å². The van der Waals surface area contributed by atoms with Gasteiger partial charge in [-0.25, -0.2) is 0 Å². The van der Waals surface area contributed by atoms with E-state index < -0.39 is 47.4 Å². The number of unbranched alkanes of at least 4 members (excludes halogenated alkanes) is 1. The number of amides is 2. The van der Waals surface area contributed by atoms with Crippen molar-refractivity contribution in [1.29, 1.82) is 0 Å². The highest BCUT2D eigenvalue weighted by atomic mass is 79.9. The topological polar surface area (TPSA) is 107 Å². The summed E-state index contributed by atoms with van der Waals surface area (Å²) in [5.41, 5.74) is -0.778. The van der Waals surface area contributed by atoms with Crippen molar-refractivity contribution in [1.82, 2.24) is 4.90 Å². The summed E-state index contributed by atoms with van der Waals surface area (Å²) in [7, 11) is 0. The second-order valence-electron chi connectivity index (χ2n) is 8.65. The highest BCUT2D eigenvalue weighted by Crippen LogP contribution is 2.60. The minimum atomic E-state index is -1.25. The van der Waals surface area contributed by atoms with Gasteiger partial charge in [-0.05, 0) is 31.4 Å². The minimum Gasteiger partial charge on any atom is -0.481 e. The van der Waals surface area contributed by atoms with Crippen molar-refractivity contribution in [3.63, 3.8) is 0 Å². The molecule has 2 N–H and O–H groups in total. The average molecular weight is 542 g/mol. The molecule has 6 atom stereocenters. The summed E-state index contributed by atoms with van der Waals surface area (Å²) >= 11 is 9.92. The maximum Gasteiger partial charge on any atom is 0.310 e. The predicted octanol–water partition coefficient (Wildman–Crippen LogP) is 2.46. The third-order valence-electron chi connectivity index (χ3n) is 6.84. The van der Waals surface area contributed by atoms with E-state index in [1.165, 1.54) is 9.80 Å². The fraction of sp³-hybridized carbons (Fsp3) is 0.522. The fourth-order valence-corrected chi connectivity index (χ4v) is 6.76. The fourth-order valence-electron chi connectivity index (χ4n) is 5.58. The van der Waals surface area contributed by atoms with Crippen LogP contribution in [0.5, 0.6) is 0 Å². The normalized spacial score (nSPS) is 32.2.